The highest BCUT2D eigenvalue weighted by atomic mass is 16.5. The van der Waals surface area contributed by atoms with Gasteiger partial charge in [-0.2, -0.15) is 0 Å². The molecule has 0 aliphatic heterocycles. The van der Waals surface area contributed by atoms with E-state index in [4.69, 9.17) is 9.84 Å². The van der Waals surface area contributed by atoms with Crippen LogP contribution >= 0.6 is 0 Å². The van der Waals surface area contributed by atoms with Gasteiger partial charge in [0.15, 0.2) is 0 Å². The van der Waals surface area contributed by atoms with Crippen LogP contribution in [0, 0.1) is 0 Å². The van der Waals surface area contributed by atoms with Gasteiger partial charge in [-0.15, -0.1) is 5.10 Å². The molecule has 0 unspecified atom stereocenters. The van der Waals surface area contributed by atoms with Crippen molar-refractivity contribution in [1.82, 2.24) is 14.8 Å². The van der Waals surface area contributed by atoms with Crippen molar-refractivity contribution in [3.05, 3.63) is 18.0 Å². The lowest BCUT2D eigenvalue weighted by atomic mass is 10.2. The molecule has 0 aliphatic rings. The van der Waals surface area contributed by atoms with Crippen LogP contribution in [0.2, 0.25) is 0 Å². The van der Waals surface area contributed by atoms with Gasteiger partial charge in [-0.1, -0.05) is 0 Å². The number of aryl methyl sites for hydroxylation is 1. The summed E-state index contributed by atoms with van der Waals surface area (Å²) in [6, 6.07) is 0. The maximum Gasteiger partial charge on any atom is 0.339 e. The maximum atomic E-state index is 10.9. The Bertz CT molecular complexity index is 533. The maximum absolute atomic E-state index is 10.9. The lowest BCUT2D eigenvalue weighted by Gasteiger charge is -1.98. The molecular weight excluding hydrogens is 198 g/mol. The fourth-order valence-corrected chi connectivity index (χ4v) is 1.51. The monoisotopic (exact) mass is 207 g/mol. The van der Waals surface area contributed by atoms with E-state index in [0.29, 0.717) is 16.8 Å². The van der Waals surface area contributed by atoms with Crippen LogP contribution in [0.1, 0.15) is 10.4 Å². The van der Waals surface area contributed by atoms with Gasteiger partial charge in [-0.25, -0.2) is 4.79 Å². The van der Waals surface area contributed by atoms with Gasteiger partial charge in [0, 0.05) is 19.4 Å². The van der Waals surface area contributed by atoms with Crippen LogP contribution < -0.4 is 4.74 Å². The summed E-state index contributed by atoms with van der Waals surface area (Å²) in [5, 5.41) is 13.6. The zero-order valence-corrected chi connectivity index (χ0v) is 8.26. The van der Waals surface area contributed by atoms with Crippen LogP contribution in [-0.2, 0) is 7.05 Å². The number of aromatic nitrogens is 3. The summed E-state index contributed by atoms with van der Waals surface area (Å²) in [6.07, 6.45) is 2.83. The van der Waals surface area contributed by atoms with Crippen molar-refractivity contribution in [3.8, 4) is 5.88 Å². The Morgan fingerprint density at radius 3 is 2.87 bits per heavy atom. The van der Waals surface area contributed by atoms with Gasteiger partial charge in [0.25, 0.3) is 0 Å². The van der Waals surface area contributed by atoms with E-state index in [1.807, 2.05) is 0 Å². The predicted octanol–water partition coefficient (Wildman–Crippen LogP) is 0.675. The summed E-state index contributed by atoms with van der Waals surface area (Å²) < 4.78 is 6.49. The quantitative estimate of drug-likeness (QED) is 0.783. The number of rotatable bonds is 2. The van der Waals surface area contributed by atoms with Gasteiger partial charge >= 0.3 is 5.97 Å². The summed E-state index contributed by atoms with van der Waals surface area (Å²) in [6.45, 7) is 0. The van der Waals surface area contributed by atoms with Crippen molar-refractivity contribution < 1.29 is 14.6 Å². The molecule has 0 spiro atoms. The highest BCUT2D eigenvalue weighted by molar-refractivity contribution is 6.02. The summed E-state index contributed by atoms with van der Waals surface area (Å²) in [7, 11) is 3.15. The highest BCUT2D eigenvalue weighted by Gasteiger charge is 2.16. The van der Waals surface area contributed by atoms with Crippen molar-refractivity contribution >= 4 is 16.9 Å². The summed E-state index contributed by atoms with van der Waals surface area (Å²) in [4.78, 5) is 14.8. The van der Waals surface area contributed by atoms with Crippen LogP contribution in [0.15, 0.2) is 12.4 Å². The molecule has 2 rings (SSSR count). The highest BCUT2D eigenvalue weighted by Crippen LogP contribution is 2.25. The number of nitrogens with zero attached hydrogens (tertiary/aromatic N) is 3. The molecule has 6 nitrogen and oxygen atoms in total. The van der Waals surface area contributed by atoms with Crippen LogP contribution in [0.25, 0.3) is 10.9 Å². The van der Waals surface area contributed by atoms with E-state index in [1.165, 1.54) is 24.2 Å². The van der Waals surface area contributed by atoms with Gasteiger partial charge in [0.05, 0.1) is 18.0 Å². The van der Waals surface area contributed by atoms with E-state index in [2.05, 4.69) is 10.1 Å². The fourth-order valence-electron chi connectivity index (χ4n) is 1.51. The molecule has 2 heterocycles. The average molecular weight is 207 g/mol. The van der Waals surface area contributed by atoms with E-state index in [9.17, 15) is 4.79 Å². The van der Waals surface area contributed by atoms with Crippen LogP contribution in [0.3, 0.4) is 0 Å². The molecule has 1 N–H and O–H groups in total. The zero-order chi connectivity index (χ0) is 11.0. The molecule has 0 atom stereocenters. The van der Waals surface area contributed by atoms with Crippen molar-refractivity contribution in [3.63, 3.8) is 0 Å². The normalized spacial score (nSPS) is 10.5. The van der Waals surface area contributed by atoms with Gasteiger partial charge in [-0.05, 0) is 0 Å². The standard InChI is InChI=1S/C9H9N3O3/c1-12-7-5(8(11-12)15-2)3-10-4-6(7)9(13)14/h3-4H,1-2H3,(H,13,14). The molecule has 2 aromatic rings. The Kier molecular flexibility index (Phi) is 2.03. The van der Waals surface area contributed by atoms with E-state index in [0.717, 1.165) is 0 Å². The molecule has 0 radical (unpaired) electrons. The smallest absolute Gasteiger partial charge is 0.339 e. The molecule has 0 saturated carbocycles. The third-order valence-corrected chi connectivity index (χ3v) is 2.14. The molecule has 0 fully saturated rings. The molecule has 6 heteroatoms. The van der Waals surface area contributed by atoms with Crippen LogP contribution in [-0.4, -0.2) is 33.0 Å². The van der Waals surface area contributed by atoms with E-state index < -0.39 is 5.97 Å². The van der Waals surface area contributed by atoms with Crippen molar-refractivity contribution in [2.24, 2.45) is 7.05 Å². The SMILES string of the molecule is COc1nn(C)c2c(C(=O)O)cncc12. The van der Waals surface area contributed by atoms with Crippen molar-refractivity contribution in [2.75, 3.05) is 7.11 Å². The average Bonchev–Trinajstić information content (AvgIpc) is 2.55. The minimum absolute atomic E-state index is 0.116. The Balaban J connectivity index is 2.86. The minimum Gasteiger partial charge on any atom is -0.479 e. The number of carboxylic acid groups (broad SMARTS) is 1. The molecule has 0 aliphatic carbocycles. The van der Waals surface area contributed by atoms with Crippen LogP contribution in [0.4, 0.5) is 0 Å². The van der Waals surface area contributed by atoms with Crippen molar-refractivity contribution in [2.45, 2.75) is 0 Å². The second kappa shape index (κ2) is 3.23. The number of hydrogen-bond acceptors (Lipinski definition) is 4. The number of pyridine rings is 1. The van der Waals surface area contributed by atoms with Gasteiger partial charge in [0.1, 0.15) is 5.56 Å². The molecule has 0 amide bonds. The van der Waals surface area contributed by atoms with E-state index in [1.54, 1.807) is 7.05 Å². The second-order valence-corrected chi connectivity index (χ2v) is 3.02. The first-order valence-corrected chi connectivity index (χ1v) is 4.23. The molecule has 0 saturated heterocycles. The summed E-state index contributed by atoms with van der Waals surface area (Å²) >= 11 is 0. The van der Waals surface area contributed by atoms with E-state index in [-0.39, 0.29) is 5.56 Å². The molecule has 0 aromatic carbocycles. The van der Waals surface area contributed by atoms with E-state index >= 15 is 0 Å². The molecular formula is C9H9N3O3. The lowest BCUT2D eigenvalue weighted by Crippen LogP contribution is -2.01. The Morgan fingerprint density at radius 1 is 1.53 bits per heavy atom. The summed E-state index contributed by atoms with van der Waals surface area (Å²) in [5.74, 6) is -0.651. The molecule has 2 aromatic heterocycles. The Hall–Kier alpha value is -2.11. The van der Waals surface area contributed by atoms with Gasteiger partial charge in [-0.3, -0.25) is 9.67 Å². The number of carbonyl (C=O) groups is 1. The first-order chi connectivity index (χ1) is 7.15. The number of fused-ring (bicyclic) bond motifs is 1. The molecule has 15 heavy (non-hydrogen) atoms. The second-order valence-electron chi connectivity index (χ2n) is 3.02. The number of hydrogen-bond donors (Lipinski definition) is 1. The minimum atomic E-state index is -1.03. The number of ether oxygens (including phenoxy) is 1. The zero-order valence-electron chi connectivity index (χ0n) is 8.26. The predicted molar refractivity (Wildman–Crippen MR) is 52.0 cm³/mol. The molecule has 0 bridgehead atoms. The fraction of sp³-hybridized carbons (Fsp3) is 0.222. The third-order valence-electron chi connectivity index (χ3n) is 2.14. The lowest BCUT2D eigenvalue weighted by molar-refractivity contribution is 0.0698. The third kappa shape index (κ3) is 1.30. The first-order valence-electron chi connectivity index (χ1n) is 4.23. The van der Waals surface area contributed by atoms with Gasteiger partial charge < -0.3 is 9.84 Å². The summed E-state index contributed by atoms with van der Waals surface area (Å²) in [5.41, 5.74) is 0.625. The topological polar surface area (TPSA) is 77.2 Å². The number of methoxy groups -OCH3 is 1. The van der Waals surface area contributed by atoms with Crippen LogP contribution in [0.5, 0.6) is 5.88 Å². The number of carboxylic acids is 1. The number of aromatic carboxylic acids is 1. The van der Waals surface area contributed by atoms with Gasteiger partial charge in [0.2, 0.25) is 5.88 Å². The Morgan fingerprint density at radius 2 is 2.27 bits per heavy atom. The van der Waals surface area contributed by atoms with Crippen molar-refractivity contribution in [1.29, 1.82) is 0 Å². The largest absolute Gasteiger partial charge is 0.479 e. The first kappa shape index (κ1) is 9.45. The molecule has 78 valence electrons. The Labute approximate surface area is 85.1 Å².